The van der Waals surface area contributed by atoms with Gasteiger partial charge < -0.3 is 20.8 Å². The molecule has 6 nitrogen and oxygen atoms in total. The number of hydrogen-bond acceptors (Lipinski definition) is 6. The van der Waals surface area contributed by atoms with Gasteiger partial charge in [0, 0.05) is 24.8 Å². The first kappa shape index (κ1) is 13.7. The summed E-state index contributed by atoms with van der Waals surface area (Å²) in [5.41, 5.74) is -0.268. The van der Waals surface area contributed by atoms with Crippen LogP contribution >= 0.6 is 0 Å². The topological polar surface area (TPSA) is 90.3 Å². The first-order valence-corrected chi connectivity index (χ1v) is 5.63. The molecule has 6 heteroatoms. The van der Waals surface area contributed by atoms with Crippen LogP contribution in [0.25, 0.3) is 0 Å². The molecule has 1 atom stereocenters. The van der Waals surface area contributed by atoms with E-state index in [1.807, 2.05) is 13.8 Å². The highest BCUT2D eigenvalue weighted by atomic mass is 16.3. The summed E-state index contributed by atoms with van der Waals surface area (Å²) in [6.07, 6.45) is 1.71. The van der Waals surface area contributed by atoms with Crippen LogP contribution in [0.4, 0.5) is 11.8 Å². The van der Waals surface area contributed by atoms with Crippen LogP contribution in [-0.4, -0.2) is 45.5 Å². The van der Waals surface area contributed by atoms with Gasteiger partial charge in [0.2, 0.25) is 5.95 Å². The number of nitrogens with zero attached hydrogens (tertiary/aromatic N) is 2. The van der Waals surface area contributed by atoms with Crippen LogP contribution in [0.1, 0.15) is 19.4 Å². The van der Waals surface area contributed by atoms with Crippen molar-refractivity contribution < 1.29 is 10.2 Å². The quantitative estimate of drug-likeness (QED) is 0.574. The smallest absolute Gasteiger partial charge is 0.224 e. The number of anilines is 2. The molecule has 1 aromatic heterocycles. The van der Waals surface area contributed by atoms with Gasteiger partial charge >= 0.3 is 0 Å². The minimum atomic E-state index is -1.16. The molecule has 0 aliphatic carbocycles. The van der Waals surface area contributed by atoms with Crippen LogP contribution in [0.15, 0.2) is 6.20 Å². The Kier molecular flexibility index (Phi) is 4.65. The SMILES string of the molecule is CCNc1ncc(C)c(NCC(C)(O)CO)n1. The molecule has 0 amide bonds. The molecule has 0 saturated heterocycles. The molecule has 0 fully saturated rings. The first-order chi connectivity index (χ1) is 7.98. The minimum Gasteiger partial charge on any atom is -0.393 e. The van der Waals surface area contributed by atoms with Gasteiger partial charge in [0.1, 0.15) is 11.4 Å². The number of aryl methyl sites for hydroxylation is 1. The summed E-state index contributed by atoms with van der Waals surface area (Å²) in [6, 6.07) is 0. The van der Waals surface area contributed by atoms with Gasteiger partial charge in [0.25, 0.3) is 0 Å². The van der Waals surface area contributed by atoms with Crippen molar-refractivity contribution in [1.29, 1.82) is 0 Å². The summed E-state index contributed by atoms with van der Waals surface area (Å²) in [4.78, 5) is 8.39. The van der Waals surface area contributed by atoms with E-state index in [4.69, 9.17) is 5.11 Å². The second-order valence-corrected chi connectivity index (χ2v) is 4.26. The van der Waals surface area contributed by atoms with Crippen LogP contribution in [-0.2, 0) is 0 Å². The van der Waals surface area contributed by atoms with Gasteiger partial charge in [-0.25, -0.2) is 4.98 Å². The normalized spacial score (nSPS) is 14.2. The van der Waals surface area contributed by atoms with Gasteiger partial charge in [0.15, 0.2) is 0 Å². The highest BCUT2D eigenvalue weighted by Crippen LogP contribution is 2.13. The van der Waals surface area contributed by atoms with E-state index >= 15 is 0 Å². The molecular weight excluding hydrogens is 220 g/mol. The molecule has 1 unspecified atom stereocenters. The number of rotatable bonds is 6. The standard InChI is InChI=1S/C11H20N4O2/c1-4-12-10-13-5-8(2)9(15-10)14-6-11(3,17)7-16/h5,16-17H,4,6-7H2,1-3H3,(H2,12,13,14,15). The number of aliphatic hydroxyl groups excluding tert-OH is 1. The lowest BCUT2D eigenvalue weighted by Gasteiger charge is -2.21. The van der Waals surface area contributed by atoms with Crippen LogP contribution in [0.2, 0.25) is 0 Å². The molecule has 0 aliphatic heterocycles. The summed E-state index contributed by atoms with van der Waals surface area (Å²) in [5, 5.41) is 24.6. The Morgan fingerprint density at radius 3 is 2.71 bits per heavy atom. The number of aliphatic hydroxyl groups is 2. The molecule has 1 rings (SSSR count). The fraction of sp³-hybridized carbons (Fsp3) is 0.636. The largest absolute Gasteiger partial charge is 0.393 e. The predicted molar refractivity (Wildman–Crippen MR) is 67.1 cm³/mol. The fourth-order valence-corrected chi connectivity index (χ4v) is 1.19. The summed E-state index contributed by atoms with van der Waals surface area (Å²) in [5.74, 6) is 1.20. The Hall–Kier alpha value is -1.40. The van der Waals surface area contributed by atoms with Gasteiger partial charge in [-0.2, -0.15) is 4.98 Å². The first-order valence-electron chi connectivity index (χ1n) is 5.63. The summed E-state index contributed by atoms with van der Waals surface area (Å²) in [7, 11) is 0. The van der Waals surface area contributed by atoms with Crippen LogP contribution < -0.4 is 10.6 Å². The van der Waals surface area contributed by atoms with E-state index in [2.05, 4.69) is 20.6 Å². The van der Waals surface area contributed by atoms with E-state index in [1.165, 1.54) is 0 Å². The Morgan fingerprint density at radius 1 is 1.41 bits per heavy atom. The van der Waals surface area contributed by atoms with Crippen molar-refractivity contribution >= 4 is 11.8 Å². The van der Waals surface area contributed by atoms with Crippen LogP contribution in [0, 0.1) is 6.92 Å². The molecule has 0 saturated carbocycles. The number of nitrogens with one attached hydrogen (secondary N) is 2. The molecule has 0 aliphatic rings. The Bertz CT molecular complexity index is 368. The van der Waals surface area contributed by atoms with Crippen molar-refractivity contribution in [3.05, 3.63) is 11.8 Å². The van der Waals surface area contributed by atoms with Gasteiger partial charge in [-0.3, -0.25) is 0 Å². The second-order valence-electron chi connectivity index (χ2n) is 4.26. The average molecular weight is 240 g/mol. The summed E-state index contributed by atoms with van der Waals surface area (Å²) >= 11 is 0. The molecule has 0 bridgehead atoms. The van der Waals surface area contributed by atoms with Crippen LogP contribution in [0.5, 0.6) is 0 Å². The Balaban J connectivity index is 2.72. The molecule has 0 aromatic carbocycles. The van der Waals surface area contributed by atoms with Gasteiger partial charge in [-0.05, 0) is 20.8 Å². The van der Waals surface area contributed by atoms with E-state index in [-0.39, 0.29) is 13.2 Å². The summed E-state index contributed by atoms with van der Waals surface area (Å²) < 4.78 is 0. The van der Waals surface area contributed by atoms with E-state index in [0.717, 1.165) is 12.1 Å². The zero-order valence-corrected chi connectivity index (χ0v) is 10.5. The molecule has 96 valence electrons. The van der Waals surface area contributed by atoms with Crippen LogP contribution in [0.3, 0.4) is 0 Å². The maximum absolute atomic E-state index is 9.68. The predicted octanol–water partition coefficient (Wildman–Crippen LogP) is 0.372. The van der Waals surface area contributed by atoms with E-state index in [9.17, 15) is 5.11 Å². The fourth-order valence-electron chi connectivity index (χ4n) is 1.19. The third kappa shape index (κ3) is 4.16. The second kappa shape index (κ2) is 5.79. The van der Waals surface area contributed by atoms with E-state index in [1.54, 1.807) is 13.1 Å². The van der Waals surface area contributed by atoms with Gasteiger partial charge in [-0.15, -0.1) is 0 Å². The van der Waals surface area contributed by atoms with Crippen molar-refractivity contribution in [2.75, 3.05) is 30.3 Å². The third-order valence-electron chi connectivity index (χ3n) is 2.28. The molecular formula is C11H20N4O2. The monoisotopic (exact) mass is 240 g/mol. The third-order valence-corrected chi connectivity index (χ3v) is 2.28. The zero-order valence-electron chi connectivity index (χ0n) is 10.5. The zero-order chi connectivity index (χ0) is 12.9. The highest BCUT2D eigenvalue weighted by Gasteiger charge is 2.19. The maximum atomic E-state index is 9.68. The number of hydrogen-bond donors (Lipinski definition) is 4. The number of aromatic nitrogens is 2. The minimum absolute atomic E-state index is 0.229. The van der Waals surface area contributed by atoms with Gasteiger partial charge in [-0.1, -0.05) is 0 Å². The van der Waals surface area contributed by atoms with Crippen molar-refractivity contribution in [3.8, 4) is 0 Å². The van der Waals surface area contributed by atoms with Crippen molar-refractivity contribution in [2.24, 2.45) is 0 Å². The van der Waals surface area contributed by atoms with Crippen molar-refractivity contribution in [1.82, 2.24) is 9.97 Å². The van der Waals surface area contributed by atoms with E-state index < -0.39 is 5.60 Å². The van der Waals surface area contributed by atoms with Gasteiger partial charge in [0.05, 0.1) is 6.61 Å². The lowest BCUT2D eigenvalue weighted by atomic mass is 10.1. The molecule has 17 heavy (non-hydrogen) atoms. The highest BCUT2D eigenvalue weighted by molar-refractivity contribution is 5.46. The molecule has 0 spiro atoms. The lowest BCUT2D eigenvalue weighted by Crippen LogP contribution is -2.37. The molecule has 0 radical (unpaired) electrons. The Labute approximate surface area is 101 Å². The molecule has 1 heterocycles. The average Bonchev–Trinajstić information content (AvgIpc) is 2.30. The molecule has 1 aromatic rings. The Morgan fingerprint density at radius 2 is 2.12 bits per heavy atom. The summed E-state index contributed by atoms with van der Waals surface area (Å²) in [6.45, 7) is 6.08. The lowest BCUT2D eigenvalue weighted by molar-refractivity contribution is 0.0131. The van der Waals surface area contributed by atoms with Crippen molar-refractivity contribution in [2.45, 2.75) is 26.4 Å². The van der Waals surface area contributed by atoms with E-state index in [0.29, 0.717) is 11.8 Å². The maximum Gasteiger partial charge on any atom is 0.224 e. The molecule has 4 N–H and O–H groups in total. The van der Waals surface area contributed by atoms with Crippen molar-refractivity contribution in [3.63, 3.8) is 0 Å².